The van der Waals surface area contributed by atoms with Crippen LogP contribution in [0.1, 0.15) is 39.5 Å². The molecule has 1 N–H and O–H groups in total. The van der Waals surface area contributed by atoms with Crippen LogP contribution in [0.3, 0.4) is 0 Å². The van der Waals surface area contributed by atoms with Crippen molar-refractivity contribution in [3.05, 3.63) is 0 Å². The molecule has 0 amide bonds. The van der Waals surface area contributed by atoms with Gasteiger partial charge in [0.2, 0.25) is 0 Å². The molecule has 0 unspecified atom stereocenters. The van der Waals surface area contributed by atoms with Crippen LogP contribution in [0.2, 0.25) is 0 Å². The molecule has 1 saturated carbocycles. The molecule has 0 radical (unpaired) electrons. The number of thioether (sulfide) groups is 1. The van der Waals surface area contributed by atoms with Gasteiger partial charge < -0.3 is 5.32 Å². The van der Waals surface area contributed by atoms with Gasteiger partial charge in [0.25, 0.3) is 0 Å². The lowest BCUT2D eigenvalue weighted by Crippen LogP contribution is -2.46. The topological polar surface area (TPSA) is 58.5 Å². The third-order valence-electron chi connectivity index (χ3n) is 4.19. The Bertz CT molecular complexity index is 438. The molecule has 2 fully saturated rings. The molecular weight excluding hydrogens is 280 g/mol. The van der Waals surface area contributed by atoms with E-state index in [9.17, 15) is 8.42 Å². The van der Waals surface area contributed by atoms with Crippen LogP contribution in [0.5, 0.6) is 0 Å². The molecule has 1 aliphatic carbocycles. The highest BCUT2D eigenvalue weighted by atomic mass is 32.2. The highest BCUT2D eigenvalue weighted by Crippen LogP contribution is 2.38. The lowest BCUT2D eigenvalue weighted by atomic mass is 9.78. The van der Waals surface area contributed by atoms with Crippen LogP contribution < -0.4 is 5.32 Å². The Morgan fingerprint density at radius 3 is 2.74 bits per heavy atom. The van der Waals surface area contributed by atoms with Gasteiger partial charge in [-0.05, 0) is 31.6 Å². The Morgan fingerprint density at radius 2 is 2.11 bits per heavy atom. The van der Waals surface area contributed by atoms with Crippen LogP contribution >= 0.6 is 11.8 Å². The third-order valence-corrected chi connectivity index (χ3v) is 7.07. The first-order valence-corrected chi connectivity index (χ1v) is 9.91. The van der Waals surface area contributed by atoms with E-state index in [4.69, 9.17) is 0 Å². The molecule has 0 aromatic rings. The first-order chi connectivity index (χ1) is 8.95. The molecule has 19 heavy (non-hydrogen) atoms. The smallest absolute Gasteiger partial charge is 0.157 e. The zero-order chi connectivity index (χ0) is 13.9. The van der Waals surface area contributed by atoms with E-state index >= 15 is 0 Å². The van der Waals surface area contributed by atoms with Crippen LogP contribution in [0.25, 0.3) is 0 Å². The Kier molecular flexibility index (Phi) is 4.82. The maximum Gasteiger partial charge on any atom is 0.157 e. The van der Waals surface area contributed by atoms with E-state index in [1.165, 1.54) is 25.7 Å². The van der Waals surface area contributed by atoms with E-state index in [0.717, 1.165) is 16.8 Å². The molecule has 0 bridgehead atoms. The van der Waals surface area contributed by atoms with Crippen molar-refractivity contribution in [3.63, 3.8) is 0 Å². The fraction of sp³-hybridized carbons (Fsp3) is 0.923. The highest BCUT2D eigenvalue weighted by molar-refractivity contribution is 8.14. The fourth-order valence-corrected chi connectivity index (χ4v) is 4.51. The number of hydrogen-bond acceptors (Lipinski definition) is 4. The van der Waals surface area contributed by atoms with E-state index in [1.54, 1.807) is 18.7 Å². The van der Waals surface area contributed by atoms with E-state index in [0.29, 0.717) is 6.54 Å². The fourth-order valence-electron chi connectivity index (χ4n) is 2.61. The molecule has 1 spiro atoms. The van der Waals surface area contributed by atoms with E-state index in [1.807, 2.05) is 0 Å². The molecule has 1 heterocycles. The summed E-state index contributed by atoms with van der Waals surface area (Å²) in [6.45, 7) is 4.39. The lowest BCUT2D eigenvalue weighted by molar-refractivity contribution is 0.251. The second-order valence-corrected chi connectivity index (χ2v) is 9.24. The Morgan fingerprint density at radius 1 is 1.42 bits per heavy atom. The molecule has 2 rings (SSSR count). The summed E-state index contributed by atoms with van der Waals surface area (Å²) in [5.41, 5.74) is 0.236. The molecule has 2 aliphatic rings. The van der Waals surface area contributed by atoms with E-state index in [-0.39, 0.29) is 17.0 Å². The molecule has 4 nitrogen and oxygen atoms in total. The first kappa shape index (κ1) is 15.2. The summed E-state index contributed by atoms with van der Waals surface area (Å²) in [6.07, 6.45) is 5.00. The van der Waals surface area contributed by atoms with Crippen molar-refractivity contribution < 1.29 is 8.42 Å². The van der Waals surface area contributed by atoms with Crippen molar-refractivity contribution in [3.8, 4) is 0 Å². The summed E-state index contributed by atoms with van der Waals surface area (Å²) >= 11 is 1.75. The van der Waals surface area contributed by atoms with Gasteiger partial charge in [-0.3, -0.25) is 4.99 Å². The Balaban J connectivity index is 1.85. The van der Waals surface area contributed by atoms with Gasteiger partial charge in [-0.1, -0.05) is 25.6 Å². The van der Waals surface area contributed by atoms with Gasteiger partial charge in [-0.15, -0.1) is 0 Å². The largest absolute Gasteiger partial charge is 0.359 e. The molecule has 0 atom stereocenters. The zero-order valence-corrected chi connectivity index (χ0v) is 13.4. The van der Waals surface area contributed by atoms with Gasteiger partial charge in [-0.25, -0.2) is 8.42 Å². The molecule has 0 aromatic carbocycles. The van der Waals surface area contributed by atoms with Crippen molar-refractivity contribution in [2.24, 2.45) is 10.9 Å². The number of hydrogen-bond donors (Lipinski definition) is 1. The molecular formula is C13H24N2O2S2. The first-order valence-electron chi connectivity index (χ1n) is 7.10. The van der Waals surface area contributed by atoms with Crippen LogP contribution in [0, 0.1) is 5.92 Å². The Hall–Kier alpha value is -0.230. The molecule has 110 valence electrons. The number of nitrogens with zero attached hydrogens (tertiary/aromatic N) is 1. The number of amidine groups is 1. The van der Waals surface area contributed by atoms with Gasteiger partial charge in [0.05, 0.1) is 12.3 Å². The molecule has 6 heteroatoms. The van der Waals surface area contributed by atoms with Crippen molar-refractivity contribution in [2.45, 2.75) is 45.1 Å². The van der Waals surface area contributed by atoms with Crippen molar-refractivity contribution >= 4 is 26.8 Å². The van der Waals surface area contributed by atoms with E-state index in [2.05, 4.69) is 17.2 Å². The van der Waals surface area contributed by atoms with Gasteiger partial charge in [0.15, 0.2) is 15.0 Å². The maximum absolute atomic E-state index is 11.4. The summed E-state index contributed by atoms with van der Waals surface area (Å²) < 4.78 is 22.8. The summed E-state index contributed by atoms with van der Waals surface area (Å²) in [5.74, 6) is 2.30. The minimum Gasteiger partial charge on any atom is -0.359 e. The quantitative estimate of drug-likeness (QED) is 0.864. The number of rotatable bonds is 4. The van der Waals surface area contributed by atoms with Crippen LogP contribution in [-0.4, -0.2) is 42.9 Å². The predicted molar refractivity (Wildman–Crippen MR) is 82.6 cm³/mol. The van der Waals surface area contributed by atoms with Crippen LogP contribution in [0.15, 0.2) is 4.99 Å². The van der Waals surface area contributed by atoms with E-state index < -0.39 is 9.84 Å². The highest BCUT2D eigenvalue weighted by Gasteiger charge is 2.39. The lowest BCUT2D eigenvalue weighted by Gasteiger charge is -2.35. The standard InChI is InChI=1S/C13H24N2O2S2/c1-3-19(16,17)9-8-14-12-15-13(10-18-12)6-4-11(2)5-7-13/h11H,3-10H2,1-2H3,(H,14,15). The second-order valence-electron chi connectivity index (χ2n) is 5.80. The minimum absolute atomic E-state index is 0.166. The molecule has 1 saturated heterocycles. The Labute approximate surface area is 120 Å². The SMILES string of the molecule is CCS(=O)(=O)CCN=C1NC2(CCC(C)CC2)CS1. The maximum atomic E-state index is 11.4. The normalized spacial score (nSPS) is 33.8. The summed E-state index contributed by atoms with van der Waals surface area (Å²) in [6, 6.07) is 0. The van der Waals surface area contributed by atoms with Gasteiger partial charge in [0.1, 0.15) is 0 Å². The molecule has 1 aliphatic heterocycles. The van der Waals surface area contributed by atoms with Crippen LogP contribution in [-0.2, 0) is 9.84 Å². The number of aliphatic imine (C=N–C) groups is 1. The van der Waals surface area contributed by atoms with Crippen molar-refractivity contribution in [2.75, 3.05) is 23.8 Å². The van der Waals surface area contributed by atoms with Gasteiger partial charge in [-0.2, -0.15) is 0 Å². The third kappa shape index (κ3) is 4.12. The average Bonchev–Trinajstić information content (AvgIpc) is 2.77. The summed E-state index contributed by atoms with van der Waals surface area (Å²) in [4.78, 5) is 4.41. The van der Waals surface area contributed by atoms with Crippen molar-refractivity contribution in [1.82, 2.24) is 5.32 Å². The summed E-state index contributed by atoms with van der Waals surface area (Å²) in [5, 5.41) is 4.49. The average molecular weight is 304 g/mol. The summed E-state index contributed by atoms with van der Waals surface area (Å²) in [7, 11) is -2.90. The minimum atomic E-state index is -2.90. The van der Waals surface area contributed by atoms with Gasteiger partial charge in [0, 0.05) is 17.0 Å². The van der Waals surface area contributed by atoms with Crippen LogP contribution in [0.4, 0.5) is 0 Å². The predicted octanol–water partition coefficient (Wildman–Crippen LogP) is 2.06. The van der Waals surface area contributed by atoms with Gasteiger partial charge >= 0.3 is 0 Å². The number of sulfone groups is 1. The zero-order valence-electron chi connectivity index (χ0n) is 11.8. The number of nitrogens with one attached hydrogen (secondary N) is 1. The monoisotopic (exact) mass is 304 g/mol. The molecule has 0 aromatic heterocycles. The van der Waals surface area contributed by atoms with Crippen molar-refractivity contribution in [1.29, 1.82) is 0 Å². The second kappa shape index (κ2) is 6.04.